The van der Waals surface area contributed by atoms with Crippen LogP contribution in [0.2, 0.25) is 5.02 Å². The van der Waals surface area contributed by atoms with Gasteiger partial charge in [-0.3, -0.25) is 0 Å². The number of rotatable bonds is 13. The quantitative estimate of drug-likeness (QED) is 0.0971. The summed E-state index contributed by atoms with van der Waals surface area (Å²) in [5.74, 6) is -0.0286. The zero-order valence-electron chi connectivity index (χ0n) is 24.9. The number of benzene rings is 3. The van der Waals surface area contributed by atoms with Crippen LogP contribution >= 0.6 is 11.6 Å². The summed E-state index contributed by atoms with van der Waals surface area (Å²) in [6, 6.07) is 14.0. The standard InChI is InChI=1S/C32H31ClF6N6O/c1-20(42-23-9-11-25(26(18-23)31(34,35)36)21-7-6-8-22(33)17-21)43-28-12-10-24(19-27(28)32(37,38)39)46-29-13-15-41-30(44-29)40-14-4-5-16-45(2)3/h6-13,15,17-19,42-43H,1,4-5,14,16H2,2-3H3,(H,40,41,44). The fourth-order valence-corrected chi connectivity index (χ4v) is 4.61. The average Bonchev–Trinajstić information content (AvgIpc) is 2.97. The molecule has 0 unspecified atom stereocenters. The van der Waals surface area contributed by atoms with Gasteiger partial charge in [0.15, 0.2) is 0 Å². The molecule has 46 heavy (non-hydrogen) atoms. The van der Waals surface area contributed by atoms with Crippen LogP contribution in [-0.4, -0.2) is 42.1 Å². The minimum absolute atomic E-state index is 0.0346. The molecule has 0 aliphatic carbocycles. The number of unbranched alkanes of at least 4 members (excludes halogenated alkanes) is 1. The maximum absolute atomic E-state index is 14.1. The molecule has 0 fully saturated rings. The highest BCUT2D eigenvalue weighted by Gasteiger charge is 2.35. The predicted molar refractivity (Wildman–Crippen MR) is 168 cm³/mol. The van der Waals surface area contributed by atoms with Gasteiger partial charge in [-0.1, -0.05) is 36.4 Å². The lowest BCUT2D eigenvalue weighted by Gasteiger charge is -2.19. The van der Waals surface area contributed by atoms with Crippen molar-refractivity contribution in [3.05, 3.63) is 101 Å². The average molecular weight is 665 g/mol. The van der Waals surface area contributed by atoms with Crippen LogP contribution in [0.25, 0.3) is 11.1 Å². The maximum Gasteiger partial charge on any atom is 0.418 e. The summed E-state index contributed by atoms with van der Waals surface area (Å²) in [6.07, 6.45) is -6.28. The number of hydrogen-bond donors (Lipinski definition) is 3. The van der Waals surface area contributed by atoms with Gasteiger partial charge in [0.05, 0.1) is 16.8 Å². The van der Waals surface area contributed by atoms with Gasteiger partial charge in [-0.2, -0.15) is 31.3 Å². The number of halogens is 7. The number of aromatic nitrogens is 2. The molecule has 4 rings (SSSR count). The van der Waals surface area contributed by atoms with E-state index in [9.17, 15) is 26.3 Å². The van der Waals surface area contributed by atoms with E-state index in [2.05, 4.69) is 37.4 Å². The molecule has 14 heteroatoms. The summed E-state index contributed by atoms with van der Waals surface area (Å²) < 4.78 is 89.6. The van der Waals surface area contributed by atoms with E-state index in [4.69, 9.17) is 16.3 Å². The van der Waals surface area contributed by atoms with Crippen molar-refractivity contribution in [3.63, 3.8) is 0 Å². The van der Waals surface area contributed by atoms with Crippen LogP contribution in [0.1, 0.15) is 24.0 Å². The first-order valence-corrected chi connectivity index (χ1v) is 14.4. The van der Waals surface area contributed by atoms with Crippen LogP contribution in [0.15, 0.2) is 85.3 Å². The Balaban J connectivity index is 1.47. The molecule has 7 nitrogen and oxygen atoms in total. The van der Waals surface area contributed by atoms with E-state index >= 15 is 0 Å². The Morgan fingerprint density at radius 2 is 1.65 bits per heavy atom. The van der Waals surface area contributed by atoms with Crippen molar-refractivity contribution < 1.29 is 31.1 Å². The van der Waals surface area contributed by atoms with E-state index in [-0.39, 0.29) is 45.2 Å². The number of alkyl halides is 6. The zero-order chi connectivity index (χ0) is 33.5. The number of ether oxygens (including phenoxy) is 1. The third-order valence-corrected chi connectivity index (χ3v) is 6.74. The van der Waals surface area contributed by atoms with Gasteiger partial charge in [0, 0.05) is 29.5 Å². The van der Waals surface area contributed by atoms with Gasteiger partial charge in [-0.05, 0) is 87.1 Å². The molecule has 1 aromatic heterocycles. The monoisotopic (exact) mass is 664 g/mol. The summed E-state index contributed by atoms with van der Waals surface area (Å²) in [5, 5.41) is 8.43. The van der Waals surface area contributed by atoms with Crippen LogP contribution in [0.4, 0.5) is 43.7 Å². The molecule has 0 saturated heterocycles. The second-order valence-electron chi connectivity index (χ2n) is 10.5. The summed E-state index contributed by atoms with van der Waals surface area (Å²) in [6.45, 7) is 5.19. The topological polar surface area (TPSA) is 74.3 Å². The molecule has 0 aliphatic heterocycles. The first-order chi connectivity index (χ1) is 21.7. The lowest BCUT2D eigenvalue weighted by Crippen LogP contribution is -2.15. The molecule has 0 bridgehead atoms. The number of nitrogens with one attached hydrogen (secondary N) is 3. The van der Waals surface area contributed by atoms with Crippen LogP contribution < -0.4 is 20.7 Å². The second-order valence-corrected chi connectivity index (χ2v) is 10.9. The molecular formula is C32H31ClF6N6O. The van der Waals surface area contributed by atoms with Crippen molar-refractivity contribution in [2.45, 2.75) is 25.2 Å². The van der Waals surface area contributed by atoms with E-state index in [0.29, 0.717) is 6.54 Å². The molecule has 0 saturated carbocycles. The van der Waals surface area contributed by atoms with Crippen molar-refractivity contribution >= 4 is 28.9 Å². The molecule has 0 radical (unpaired) electrons. The largest absolute Gasteiger partial charge is 0.439 e. The van der Waals surface area contributed by atoms with Gasteiger partial charge in [-0.15, -0.1) is 0 Å². The Labute approximate surface area is 267 Å². The lowest BCUT2D eigenvalue weighted by molar-refractivity contribution is -0.137. The number of hydrogen-bond acceptors (Lipinski definition) is 7. The molecule has 0 atom stereocenters. The van der Waals surface area contributed by atoms with Crippen molar-refractivity contribution in [1.29, 1.82) is 0 Å². The van der Waals surface area contributed by atoms with Gasteiger partial charge in [0.1, 0.15) is 11.6 Å². The maximum atomic E-state index is 14.1. The van der Waals surface area contributed by atoms with Crippen LogP contribution in [0.3, 0.4) is 0 Å². The van der Waals surface area contributed by atoms with Crippen molar-refractivity contribution in [2.75, 3.05) is 43.1 Å². The van der Waals surface area contributed by atoms with E-state index in [0.717, 1.165) is 37.6 Å². The van der Waals surface area contributed by atoms with Crippen LogP contribution in [0, 0.1) is 0 Å². The smallest absolute Gasteiger partial charge is 0.418 e. The van der Waals surface area contributed by atoms with E-state index < -0.39 is 29.2 Å². The minimum atomic E-state index is -4.81. The summed E-state index contributed by atoms with van der Waals surface area (Å²) >= 11 is 5.96. The first-order valence-electron chi connectivity index (χ1n) is 14.0. The highest BCUT2D eigenvalue weighted by Crippen LogP contribution is 2.41. The van der Waals surface area contributed by atoms with E-state index in [1.54, 1.807) is 0 Å². The summed E-state index contributed by atoms with van der Waals surface area (Å²) in [7, 11) is 3.97. The third kappa shape index (κ3) is 9.75. The zero-order valence-corrected chi connectivity index (χ0v) is 25.6. The Kier molecular flexibility index (Phi) is 11.0. The predicted octanol–water partition coefficient (Wildman–Crippen LogP) is 9.38. The fourth-order valence-electron chi connectivity index (χ4n) is 4.42. The number of nitrogens with zero attached hydrogens (tertiary/aromatic N) is 3. The third-order valence-electron chi connectivity index (χ3n) is 6.51. The fraction of sp³-hybridized carbons (Fsp3) is 0.250. The highest BCUT2D eigenvalue weighted by atomic mass is 35.5. The Bertz CT molecular complexity index is 1660. The van der Waals surface area contributed by atoms with Crippen molar-refractivity contribution in [3.8, 4) is 22.8 Å². The molecular weight excluding hydrogens is 634 g/mol. The Morgan fingerprint density at radius 3 is 2.35 bits per heavy atom. The second kappa shape index (κ2) is 14.7. The van der Waals surface area contributed by atoms with Gasteiger partial charge >= 0.3 is 12.4 Å². The summed E-state index contributed by atoms with van der Waals surface area (Å²) in [5.41, 5.74) is -2.35. The molecule has 0 amide bonds. The SMILES string of the molecule is C=C(Nc1ccc(-c2cccc(Cl)c2)c(C(F)(F)F)c1)Nc1ccc(Oc2ccnc(NCCCCN(C)C)n2)cc1C(F)(F)F. The molecule has 3 N–H and O–H groups in total. The number of anilines is 3. The minimum Gasteiger partial charge on any atom is -0.439 e. The molecule has 4 aromatic rings. The van der Waals surface area contributed by atoms with Gasteiger partial charge in [0.25, 0.3) is 0 Å². The molecule has 0 spiro atoms. The van der Waals surface area contributed by atoms with Crippen LogP contribution in [0.5, 0.6) is 11.6 Å². The first kappa shape index (κ1) is 34.4. The highest BCUT2D eigenvalue weighted by molar-refractivity contribution is 6.30. The van der Waals surface area contributed by atoms with Gasteiger partial charge in [-0.25, -0.2) is 4.98 Å². The van der Waals surface area contributed by atoms with Gasteiger partial charge < -0.3 is 25.6 Å². The van der Waals surface area contributed by atoms with Crippen molar-refractivity contribution in [2.24, 2.45) is 0 Å². The summed E-state index contributed by atoms with van der Waals surface area (Å²) in [4.78, 5) is 10.4. The van der Waals surface area contributed by atoms with E-state index in [1.165, 1.54) is 54.7 Å². The lowest BCUT2D eigenvalue weighted by atomic mass is 9.98. The molecule has 3 aromatic carbocycles. The van der Waals surface area contributed by atoms with Crippen LogP contribution in [-0.2, 0) is 12.4 Å². The van der Waals surface area contributed by atoms with Crippen molar-refractivity contribution in [1.82, 2.24) is 14.9 Å². The Hall–Kier alpha value is -4.49. The molecule has 244 valence electrons. The normalized spacial score (nSPS) is 11.8. The molecule has 0 aliphatic rings. The van der Waals surface area contributed by atoms with Gasteiger partial charge in [0.2, 0.25) is 11.8 Å². The Morgan fingerprint density at radius 1 is 0.891 bits per heavy atom. The molecule has 1 heterocycles. The van der Waals surface area contributed by atoms with E-state index in [1.807, 2.05) is 14.1 Å².